The molecule has 3 rings (SSSR count). The summed E-state index contributed by atoms with van der Waals surface area (Å²) in [7, 11) is 4.17. The molecule has 0 unspecified atom stereocenters. The number of likely N-dealkylation sites (N-methyl/N-ethyl adjacent to an activating group) is 1. The van der Waals surface area contributed by atoms with Crippen molar-refractivity contribution in [2.45, 2.75) is 30.9 Å². The first-order valence-corrected chi connectivity index (χ1v) is 7.84. The molecule has 1 aromatic carbocycles. The van der Waals surface area contributed by atoms with Crippen molar-refractivity contribution >= 4 is 5.91 Å². The van der Waals surface area contributed by atoms with Gasteiger partial charge < -0.3 is 14.5 Å². The topological polar surface area (TPSA) is 32.8 Å². The Hall–Kier alpha value is -1.46. The van der Waals surface area contributed by atoms with Crippen molar-refractivity contribution in [2.24, 2.45) is 0 Å². The molecule has 4 nitrogen and oxygen atoms in total. The Balaban J connectivity index is 1.60. The number of amides is 1. The number of benzene rings is 1. The number of carbonyl (C=O) groups is 1. The van der Waals surface area contributed by atoms with Gasteiger partial charge in [0.2, 0.25) is 0 Å². The standard InChI is InChI=1S/C17H23FN2O2/c1-19(2)15-11-17(22-12-15)7-9-20(10-8-17)16(21)13-3-5-14(18)6-4-13/h3-6,15H,7-12H2,1-2H3/t15-/m1/s1. The summed E-state index contributed by atoms with van der Waals surface area (Å²) in [5.41, 5.74) is 0.491. The molecule has 120 valence electrons. The Morgan fingerprint density at radius 2 is 1.91 bits per heavy atom. The third-order valence-electron chi connectivity index (χ3n) is 4.97. The van der Waals surface area contributed by atoms with Crippen LogP contribution in [-0.4, -0.2) is 61.1 Å². The van der Waals surface area contributed by atoms with Crippen LogP contribution in [0.2, 0.25) is 0 Å². The van der Waals surface area contributed by atoms with Crippen LogP contribution in [0.15, 0.2) is 24.3 Å². The zero-order chi connectivity index (χ0) is 15.7. The fraction of sp³-hybridized carbons (Fsp3) is 0.588. The summed E-state index contributed by atoms with van der Waals surface area (Å²) >= 11 is 0. The van der Waals surface area contributed by atoms with Crippen molar-refractivity contribution in [1.29, 1.82) is 0 Å². The van der Waals surface area contributed by atoms with E-state index in [0.717, 1.165) is 25.9 Å². The number of nitrogens with zero attached hydrogens (tertiary/aromatic N) is 2. The number of rotatable bonds is 2. The number of hydrogen-bond donors (Lipinski definition) is 0. The molecule has 5 heteroatoms. The molecule has 0 saturated carbocycles. The monoisotopic (exact) mass is 306 g/mol. The second-order valence-corrected chi connectivity index (χ2v) is 6.61. The second-order valence-electron chi connectivity index (χ2n) is 6.61. The maximum atomic E-state index is 12.9. The van der Waals surface area contributed by atoms with Crippen molar-refractivity contribution in [3.63, 3.8) is 0 Å². The van der Waals surface area contributed by atoms with Gasteiger partial charge in [0.1, 0.15) is 5.82 Å². The van der Waals surface area contributed by atoms with Crippen molar-refractivity contribution < 1.29 is 13.9 Å². The Morgan fingerprint density at radius 3 is 2.45 bits per heavy atom. The van der Waals surface area contributed by atoms with Crippen LogP contribution in [0.25, 0.3) is 0 Å². The summed E-state index contributed by atoms with van der Waals surface area (Å²) < 4.78 is 19.0. The summed E-state index contributed by atoms with van der Waals surface area (Å²) in [6.45, 7) is 2.19. The fourth-order valence-electron chi connectivity index (χ4n) is 3.39. The number of carbonyl (C=O) groups excluding carboxylic acids is 1. The van der Waals surface area contributed by atoms with Crippen LogP contribution in [-0.2, 0) is 4.74 Å². The van der Waals surface area contributed by atoms with Crippen LogP contribution in [0.1, 0.15) is 29.6 Å². The molecule has 0 aliphatic carbocycles. The number of likely N-dealkylation sites (tertiary alicyclic amines) is 1. The molecular formula is C17H23FN2O2. The van der Waals surface area contributed by atoms with E-state index in [0.29, 0.717) is 24.7 Å². The zero-order valence-corrected chi connectivity index (χ0v) is 13.2. The number of ether oxygens (including phenoxy) is 1. The number of hydrogen-bond acceptors (Lipinski definition) is 3. The van der Waals surface area contributed by atoms with Crippen LogP contribution in [0, 0.1) is 5.82 Å². The van der Waals surface area contributed by atoms with Gasteiger partial charge in [0.05, 0.1) is 12.2 Å². The van der Waals surface area contributed by atoms with E-state index in [1.807, 2.05) is 4.90 Å². The molecule has 2 saturated heterocycles. The molecule has 0 radical (unpaired) electrons. The minimum Gasteiger partial charge on any atom is -0.373 e. The smallest absolute Gasteiger partial charge is 0.253 e. The summed E-state index contributed by atoms with van der Waals surface area (Å²) in [5, 5.41) is 0. The molecule has 1 atom stereocenters. The minimum absolute atomic E-state index is 0.0167. The molecule has 1 amide bonds. The van der Waals surface area contributed by atoms with Crippen molar-refractivity contribution in [3.8, 4) is 0 Å². The molecule has 0 aromatic heterocycles. The predicted octanol–water partition coefficient (Wildman–Crippen LogP) is 2.15. The van der Waals surface area contributed by atoms with Gasteiger partial charge in [0.15, 0.2) is 0 Å². The normalized spacial score (nSPS) is 24.2. The van der Waals surface area contributed by atoms with Crippen molar-refractivity contribution in [2.75, 3.05) is 33.8 Å². The summed E-state index contributed by atoms with van der Waals surface area (Å²) in [4.78, 5) is 16.5. The maximum Gasteiger partial charge on any atom is 0.253 e. The Kier molecular flexibility index (Phi) is 4.19. The highest BCUT2D eigenvalue weighted by atomic mass is 19.1. The van der Waals surface area contributed by atoms with Crippen LogP contribution < -0.4 is 0 Å². The van der Waals surface area contributed by atoms with Gasteiger partial charge in [-0.2, -0.15) is 0 Å². The van der Waals surface area contributed by atoms with Gasteiger partial charge in [-0.3, -0.25) is 4.79 Å². The van der Waals surface area contributed by atoms with Crippen LogP contribution in [0.5, 0.6) is 0 Å². The molecule has 0 N–H and O–H groups in total. The number of piperidine rings is 1. The van der Waals surface area contributed by atoms with E-state index in [1.54, 1.807) is 12.1 Å². The Bertz CT molecular complexity index is 536. The highest BCUT2D eigenvalue weighted by Gasteiger charge is 2.43. The fourth-order valence-corrected chi connectivity index (χ4v) is 3.39. The highest BCUT2D eigenvalue weighted by Crippen LogP contribution is 2.37. The van der Waals surface area contributed by atoms with Crippen LogP contribution in [0.4, 0.5) is 4.39 Å². The third-order valence-corrected chi connectivity index (χ3v) is 4.97. The van der Waals surface area contributed by atoms with Gasteiger partial charge in [-0.15, -0.1) is 0 Å². The summed E-state index contributed by atoms with van der Waals surface area (Å²) in [5.74, 6) is -0.333. The predicted molar refractivity (Wildman–Crippen MR) is 82.3 cm³/mol. The van der Waals surface area contributed by atoms with Crippen molar-refractivity contribution in [3.05, 3.63) is 35.6 Å². The first-order valence-electron chi connectivity index (χ1n) is 7.84. The lowest BCUT2D eigenvalue weighted by atomic mass is 9.87. The quantitative estimate of drug-likeness (QED) is 0.839. The van der Waals surface area contributed by atoms with E-state index < -0.39 is 0 Å². The summed E-state index contributed by atoms with van der Waals surface area (Å²) in [6.07, 6.45) is 2.80. The lowest BCUT2D eigenvalue weighted by molar-refractivity contribution is -0.0392. The second kappa shape index (κ2) is 5.97. The van der Waals surface area contributed by atoms with Gasteiger partial charge >= 0.3 is 0 Å². The van der Waals surface area contributed by atoms with Crippen LogP contribution in [0.3, 0.4) is 0 Å². The first kappa shape index (κ1) is 15.4. The van der Waals surface area contributed by atoms with Gasteiger partial charge in [-0.25, -0.2) is 4.39 Å². The molecular weight excluding hydrogens is 283 g/mol. The van der Waals surface area contributed by atoms with Crippen molar-refractivity contribution in [1.82, 2.24) is 9.80 Å². The third kappa shape index (κ3) is 3.01. The largest absolute Gasteiger partial charge is 0.373 e. The van der Waals surface area contributed by atoms with E-state index in [2.05, 4.69) is 19.0 Å². The summed E-state index contributed by atoms with van der Waals surface area (Å²) in [6, 6.07) is 6.24. The molecule has 2 aliphatic rings. The van der Waals surface area contributed by atoms with Gasteiger partial charge in [0.25, 0.3) is 5.91 Å². The Morgan fingerprint density at radius 1 is 1.27 bits per heavy atom. The van der Waals surface area contributed by atoms with Gasteiger partial charge in [-0.05, 0) is 57.6 Å². The SMILES string of the molecule is CN(C)[C@H]1COC2(CCN(C(=O)c3ccc(F)cc3)CC2)C1. The van der Waals surface area contributed by atoms with E-state index in [4.69, 9.17) is 4.74 Å². The van der Waals surface area contributed by atoms with E-state index in [-0.39, 0.29) is 17.3 Å². The lowest BCUT2D eigenvalue weighted by Gasteiger charge is -2.39. The molecule has 22 heavy (non-hydrogen) atoms. The molecule has 0 bridgehead atoms. The zero-order valence-electron chi connectivity index (χ0n) is 13.2. The van der Waals surface area contributed by atoms with E-state index in [9.17, 15) is 9.18 Å². The van der Waals surface area contributed by atoms with E-state index in [1.165, 1.54) is 12.1 Å². The Labute approximate surface area is 130 Å². The molecule has 1 spiro atoms. The molecule has 2 aliphatic heterocycles. The van der Waals surface area contributed by atoms with E-state index >= 15 is 0 Å². The molecule has 2 fully saturated rings. The average Bonchev–Trinajstić information content (AvgIpc) is 2.92. The highest BCUT2D eigenvalue weighted by molar-refractivity contribution is 5.94. The average molecular weight is 306 g/mol. The van der Waals surface area contributed by atoms with Gasteiger partial charge in [0, 0.05) is 24.7 Å². The van der Waals surface area contributed by atoms with Gasteiger partial charge in [-0.1, -0.05) is 0 Å². The maximum absolute atomic E-state index is 12.9. The number of halogens is 1. The molecule has 1 aromatic rings. The molecule has 2 heterocycles. The first-order chi connectivity index (χ1) is 10.5. The minimum atomic E-state index is -0.316. The lowest BCUT2D eigenvalue weighted by Crippen LogP contribution is -2.46. The van der Waals surface area contributed by atoms with Crippen LogP contribution >= 0.6 is 0 Å².